The molecule has 30 heavy (non-hydrogen) atoms. The first kappa shape index (κ1) is 21.4. The van der Waals surface area contributed by atoms with Gasteiger partial charge in [0.2, 0.25) is 0 Å². The lowest BCUT2D eigenvalue weighted by Gasteiger charge is -2.13. The van der Waals surface area contributed by atoms with Crippen molar-refractivity contribution in [3.8, 4) is 17.2 Å². The molecule has 0 radical (unpaired) electrons. The van der Waals surface area contributed by atoms with Crippen LogP contribution >= 0.6 is 0 Å². The Hall–Kier alpha value is -3.36. The van der Waals surface area contributed by atoms with E-state index >= 15 is 0 Å². The van der Waals surface area contributed by atoms with Crippen LogP contribution in [0.1, 0.15) is 17.3 Å². The fourth-order valence-electron chi connectivity index (χ4n) is 2.66. The van der Waals surface area contributed by atoms with Crippen molar-refractivity contribution in [1.82, 2.24) is 0 Å². The van der Waals surface area contributed by atoms with Gasteiger partial charge in [0.25, 0.3) is 0 Å². The highest BCUT2D eigenvalue weighted by molar-refractivity contribution is 5.92. The quantitative estimate of drug-likeness (QED) is 0.289. The van der Waals surface area contributed by atoms with Crippen LogP contribution in [0.3, 0.4) is 0 Å². The minimum atomic E-state index is -4.74. The minimum Gasteiger partial charge on any atom is -0.494 e. The Morgan fingerprint density at radius 2 is 1.60 bits per heavy atom. The summed E-state index contributed by atoms with van der Waals surface area (Å²) in [4.78, 5) is 12.2. The Kier molecular flexibility index (Phi) is 6.09. The van der Waals surface area contributed by atoms with E-state index in [9.17, 15) is 26.7 Å². The highest BCUT2D eigenvalue weighted by atomic mass is 19.4. The van der Waals surface area contributed by atoms with Crippen molar-refractivity contribution in [3.63, 3.8) is 0 Å². The molecule has 0 aliphatic heterocycles. The lowest BCUT2D eigenvalue weighted by atomic mass is 10.1. The zero-order chi connectivity index (χ0) is 21.9. The van der Waals surface area contributed by atoms with Gasteiger partial charge in [0.1, 0.15) is 11.5 Å². The molecule has 0 unspecified atom stereocenters. The molecule has 3 aromatic carbocycles. The Bertz CT molecular complexity index is 1060. The van der Waals surface area contributed by atoms with E-state index in [0.717, 1.165) is 12.1 Å². The summed E-state index contributed by atoms with van der Waals surface area (Å²) in [5, 5.41) is -0.198. The molecule has 0 saturated carbocycles. The maximum Gasteiger partial charge on any atom is 0.422 e. The third kappa shape index (κ3) is 4.97. The van der Waals surface area contributed by atoms with Gasteiger partial charge in [-0.2, -0.15) is 13.2 Å². The summed E-state index contributed by atoms with van der Waals surface area (Å²) in [6.07, 6.45) is -4.74. The van der Waals surface area contributed by atoms with E-state index in [4.69, 9.17) is 9.47 Å². The molecule has 0 bridgehead atoms. The minimum absolute atomic E-state index is 0.00384. The zero-order valence-corrected chi connectivity index (χ0v) is 15.6. The number of rotatable bonds is 6. The van der Waals surface area contributed by atoms with E-state index in [-0.39, 0.29) is 22.1 Å². The largest absolute Gasteiger partial charge is 0.494 e. The normalized spacial score (nSPS) is 11.4. The smallest absolute Gasteiger partial charge is 0.422 e. The van der Waals surface area contributed by atoms with Gasteiger partial charge in [0.15, 0.2) is 24.0 Å². The summed E-state index contributed by atoms with van der Waals surface area (Å²) >= 11 is 0. The second-order valence-electron chi connectivity index (χ2n) is 6.14. The van der Waals surface area contributed by atoms with Crippen molar-refractivity contribution in [2.75, 3.05) is 13.2 Å². The molecule has 0 spiro atoms. The molecule has 0 saturated heterocycles. The van der Waals surface area contributed by atoms with Gasteiger partial charge in [0, 0.05) is 5.39 Å². The Labute approximate surface area is 167 Å². The molecule has 9 heteroatoms. The summed E-state index contributed by atoms with van der Waals surface area (Å²) in [7, 11) is 0. The van der Waals surface area contributed by atoms with Crippen LogP contribution < -0.4 is 14.2 Å². The molecule has 158 valence electrons. The molecule has 4 nitrogen and oxygen atoms in total. The summed E-state index contributed by atoms with van der Waals surface area (Å²) in [6.45, 7) is 0.458. The fraction of sp³-hybridized carbons (Fsp3) is 0.190. The molecular formula is C21H15F5O4. The second-order valence-corrected chi connectivity index (χ2v) is 6.14. The Balaban J connectivity index is 1.82. The number of hydrogen-bond acceptors (Lipinski definition) is 4. The van der Waals surface area contributed by atoms with Crippen molar-refractivity contribution in [2.45, 2.75) is 13.1 Å². The molecule has 0 atom stereocenters. The number of hydrogen-bond donors (Lipinski definition) is 0. The van der Waals surface area contributed by atoms with Crippen molar-refractivity contribution in [3.05, 3.63) is 65.7 Å². The van der Waals surface area contributed by atoms with Crippen LogP contribution in [-0.4, -0.2) is 25.4 Å². The number of carbonyl (C=O) groups is 1. The molecule has 0 aliphatic rings. The highest BCUT2D eigenvalue weighted by Gasteiger charge is 2.30. The number of halogens is 5. The maximum absolute atomic E-state index is 14.4. The standard InChI is InChI=1S/C21H15F5O4/c1-2-28-14-5-3-12(4-6-14)20(27)30-15-7-8-16-13(9-15)10-17(22)19(18(16)23)29-11-21(24,25)26/h3-10H,2,11H2,1H3. The van der Waals surface area contributed by atoms with E-state index < -0.39 is 36.1 Å². The van der Waals surface area contributed by atoms with Crippen LogP contribution in [-0.2, 0) is 0 Å². The van der Waals surface area contributed by atoms with E-state index in [1.165, 1.54) is 24.3 Å². The SMILES string of the molecule is CCOc1ccc(C(=O)Oc2ccc3c(F)c(OCC(F)(F)F)c(F)cc3c2)cc1. The predicted molar refractivity (Wildman–Crippen MR) is 98.0 cm³/mol. The summed E-state index contributed by atoms with van der Waals surface area (Å²) in [5.41, 5.74) is 0.229. The lowest BCUT2D eigenvalue weighted by molar-refractivity contribution is -0.154. The van der Waals surface area contributed by atoms with Gasteiger partial charge in [-0.1, -0.05) is 0 Å². The Morgan fingerprint density at radius 3 is 2.23 bits per heavy atom. The number of ether oxygens (including phenoxy) is 3. The van der Waals surface area contributed by atoms with Crippen molar-refractivity contribution in [1.29, 1.82) is 0 Å². The number of fused-ring (bicyclic) bond motifs is 1. The zero-order valence-electron chi connectivity index (χ0n) is 15.6. The second kappa shape index (κ2) is 8.56. The average Bonchev–Trinajstić information content (AvgIpc) is 2.67. The van der Waals surface area contributed by atoms with Crippen LogP contribution in [0.15, 0.2) is 48.5 Å². The summed E-state index contributed by atoms with van der Waals surface area (Å²) in [5.74, 6) is -3.83. The number of benzene rings is 3. The molecule has 0 fully saturated rings. The van der Waals surface area contributed by atoms with Crippen LogP contribution in [0, 0.1) is 11.6 Å². The molecular weight excluding hydrogens is 411 g/mol. The first-order valence-electron chi connectivity index (χ1n) is 8.74. The maximum atomic E-state index is 14.4. The van der Waals surface area contributed by atoms with Gasteiger partial charge in [-0.3, -0.25) is 0 Å². The van der Waals surface area contributed by atoms with Crippen LogP contribution in [0.2, 0.25) is 0 Å². The molecule has 0 N–H and O–H groups in total. The highest BCUT2D eigenvalue weighted by Crippen LogP contribution is 2.33. The van der Waals surface area contributed by atoms with Crippen LogP contribution in [0.5, 0.6) is 17.2 Å². The van der Waals surface area contributed by atoms with Gasteiger partial charge < -0.3 is 14.2 Å². The monoisotopic (exact) mass is 426 g/mol. The Morgan fingerprint density at radius 1 is 0.933 bits per heavy atom. The van der Waals surface area contributed by atoms with E-state index in [2.05, 4.69) is 4.74 Å². The topological polar surface area (TPSA) is 44.8 Å². The van der Waals surface area contributed by atoms with Gasteiger partial charge >= 0.3 is 12.1 Å². The number of carbonyl (C=O) groups excluding carboxylic acids is 1. The fourth-order valence-corrected chi connectivity index (χ4v) is 2.66. The van der Waals surface area contributed by atoms with Crippen molar-refractivity contribution in [2.24, 2.45) is 0 Å². The number of esters is 1. The van der Waals surface area contributed by atoms with Crippen molar-refractivity contribution < 1.29 is 41.0 Å². The van der Waals surface area contributed by atoms with Crippen LogP contribution in [0.4, 0.5) is 22.0 Å². The van der Waals surface area contributed by atoms with E-state index in [0.29, 0.717) is 12.4 Å². The molecule has 0 amide bonds. The number of alkyl halides is 3. The first-order chi connectivity index (χ1) is 14.2. The molecule has 0 aromatic heterocycles. The van der Waals surface area contributed by atoms with Gasteiger partial charge in [-0.25, -0.2) is 13.6 Å². The average molecular weight is 426 g/mol. The third-order valence-electron chi connectivity index (χ3n) is 3.95. The third-order valence-corrected chi connectivity index (χ3v) is 3.95. The first-order valence-corrected chi connectivity index (χ1v) is 8.74. The summed E-state index contributed by atoms with van der Waals surface area (Å²) in [6, 6.07) is 10.6. The van der Waals surface area contributed by atoms with Crippen molar-refractivity contribution >= 4 is 16.7 Å². The van der Waals surface area contributed by atoms with Gasteiger partial charge in [-0.05, 0) is 60.8 Å². The van der Waals surface area contributed by atoms with E-state index in [1.54, 1.807) is 12.1 Å². The van der Waals surface area contributed by atoms with Crippen LogP contribution in [0.25, 0.3) is 10.8 Å². The summed E-state index contributed by atoms with van der Waals surface area (Å²) < 4.78 is 80.0. The molecule has 3 aromatic rings. The van der Waals surface area contributed by atoms with Gasteiger partial charge in [0.05, 0.1) is 12.2 Å². The molecule has 0 aliphatic carbocycles. The molecule has 3 rings (SSSR count). The van der Waals surface area contributed by atoms with E-state index in [1.807, 2.05) is 6.92 Å². The molecule has 0 heterocycles. The lowest BCUT2D eigenvalue weighted by Crippen LogP contribution is -2.20. The predicted octanol–water partition coefficient (Wildman–Crippen LogP) is 5.68. The van der Waals surface area contributed by atoms with Gasteiger partial charge in [-0.15, -0.1) is 0 Å².